The van der Waals surface area contributed by atoms with Crippen molar-refractivity contribution in [3.05, 3.63) is 24.0 Å². The number of aromatic amines is 1. The largest absolute Gasteiger partial charge is 0.392 e. The second-order valence-corrected chi connectivity index (χ2v) is 5.91. The van der Waals surface area contributed by atoms with E-state index in [4.69, 9.17) is 0 Å². The molecule has 20 heavy (non-hydrogen) atoms. The molecule has 2 aliphatic rings. The fraction of sp³-hybridized carbons (Fsp3) is 0.667. The molecule has 0 radical (unpaired) electrons. The van der Waals surface area contributed by atoms with E-state index in [1.165, 1.54) is 0 Å². The van der Waals surface area contributed by atoms with Crippen LogP contribution in [0, 0.1) is 0 Å². The molecule has 1 aromatic rings. The zero-order valence-corrected chi connectivity index (χ0v) is 11.8. The summed E-state index contributed by atoms with van der Waals surface area (Å²) in [5, 5.41) is 9.77. The SMILES string of the molecule is O=C(c1cc[nH]c1)N1CCC(N2CCCC(O)C2)CC1. The van der Waals surface area contributed by atoms with Gasteiger partial charge in [-0.3, -0.25) is 9.69 Å². The van der Waals surface area contributed by atoms with Crippen LogP contribution in [-0.2, 0) is 0 Å². The van der Waals surface area contributed by atoms with Crippen molar-refractivity contribution in [3.63, 3.8) is 0 Å². The minimum atomic E-state index is -0.164. The summed E-state index contributed by atoms with van der Waals surface area (Å²) in [4.78, 5) is 19.5. The van der Waals surface area contributed by atoms with Crippen molar-refractivity contribution in [3.8, 4) is 0 Å². The number of aliphatic hydroxyl groups excluding tert-OH is 1. The molecule has 2 fully saturated rings. The molecule has 2 N–H and O–H groups in total. The number of likely N-dealkylation sites (tertiary alicyclic amines) is 2. The van der Waals surface area contributed by atoms with Gasteiger partial charge in [-0.2, -0.15) is 0 Å². The highest BCUT2D eigenvalue weighted by Gasteiger charge is 2.29. The molecule has 1 amide bonds. The zero-order chi connectivity index (χ0) is 13.9. The van der Waals surface area contributed by atoms with Crippen molar-refractivity contribution in [1.29, 1.82) is 0 Å². The van der Waals surface area contributed by atoms with Gasteiger partial charge in [0.1, 0.15) is 0 Å². The number of β-amino-alcohol motifs (C(OH)–C–C–N with tert-alkyl or cyclic N) is 1. The number of nitrogens with zero attached hydrogens (tertiary/aromatic N) is 2. The zero-order valence-electron chi connectivity index (χ0n) is 11.8. The lowest BCUT2D eigenvalue weighted by atomic mass is 9.98. The Morgan fingerprint density at radius 1 is 1.25 bits per heavy atom. The lowest BCUT2D eigenvalue weighted by molar-refractivity contribution is 0.0241. The van der Waals surface area contributed by atoms with Gasteiger partial charge in [-0.15, -0.1) is 0 Å². The van der Waals surface area contributed by atoms with Crippen LogP contribution in [0.4, 0.5) is 0 Å². The summed E-state index contributed by atoms with van der Waals surface area (Å²) >= 11 is 0. The molecule has 0 spiro atoms. The number of amides is 1. The van der Waals surface area contributed by atoms with Gasteiger partial charge in [-0.25, -0.2) is 0 Å². The molecule has 5 nitrogen and oxygen atoms in total. The maximum absolute atomic E-state index is 12.2. The monoisotopic (exact) mass is 277 g/mol. The van der Waals surface area contributed by atoms with Gasteiger partial charge in [0.25, 0.3) is 5.91 Å². The number of aliphatic hydroxyl groups is 1. The maximum atomic E-state index is 12.2. The molecule has 3 heterocycles. The Kier molecular flexibility index (Phi) is 4.08. The lowest BCUT2D eigenvalue weighted by Gasteiger charge is -2.41. The fourth-order valence-electron chi connectivity index (χ4n) is 3.39. The van der Waals surface area contributed by atoms with Crippen LogP contribution in [0.3, 0.4) is 0 Å². The quantitative estimate of drug-likeness (QED) is 0.850. The van der Waals surface area contributed by atoms with Crippen molar-refractivity contribution < 1.29 is 9.90 Å². The minimum absolute atomic E-state index is 0.128. The number of carbonyl (C=O) groups excluding carboxylic acids is 1. The smallest absolute Gasteiger partial charge is 0.255 e. The third-order valence-electron chi connectivity index (χ3n) is 4.54. The molecule has 5 heteroatoms. The third-order valence-corrected chi connectivity index (χ3v) is 4.54. The molecule has 2 aliphatic heterocycles. The first kappa shape index (κ1) is 13.6. The van der Waals surface area contributed by atoms with Crippen LogP contribution in [0.15, 0.2) is 18.5 Å². The summed E-state index contributed by atoms with van der Waals surface area (Å²) in [6.07, 6.45) is 7.43. The van der Waals surface area contributed by atoms with Gasteiger partial charge in [0.15, 0.2) is 0 Å². The van der Waals surface area contributed by atoms with Gasteiger partial charge in [-0.1, -0.05) is 0 Å². The van der Waals surface area contributed by atoms with Gasteiger partial charge in [0.05, 0.1) is 11.7 Å². The minimum Gasteiger partial charge on any atom is -0.392 e. The number of carbonyl (C=O) groups is 1. The molecular weight excluding hydrogens is 254 g/mol. The van der Waals surface area contributed by atoms with Gasteiger partial charge in [-0.05, 0) is 38.3 Å². The first-order valence-electron chi connectivity index (χ1n) is 7.58. The van der Waals surface area contributed by atoms with Crippen molar-refractivity contribution in [2.75, 3.05) is 26.2 Å². The van der Waals surface area contributed by atoms with Crippen LogP contribution in [-0.4, -0.2) is 64.1 Å². The van der Waals surface area contributed by atoms with E-state index in [0.29, 0.717) is 6.04 Å². The van der Waals surface area contributed by atoms with E-state index in [2.05, 4.69) is 9.88 Å². The molecule has 1 atom stereocenters. The fourth-order valence-corrected chi connectivity index (χ4v) is 3.39. The molecule has 3 rings (SSSR count). The van der Waals surface area contributed by atoms with Crippen LogP contribution < -0.4 is 0 Å². The van der Waals surface area contributed by atoms with E-state index < -0.39 is 0 Å². The Labute approximate surface area is 119 Å². The Hall–Kier alpha value is -1.33. The van der Waals surface area contributed by atoms with Crippen LogP contribution >= 0.6 is 0 Å². The molecule has 0 bridgehead atoms. The summed E-state index contributed by atoms with van der Waals surface area (Å²) in [5.74, 6) is 0.128. The van der Waals surface area contributed by atoms with Crippen LogP contribution in [0.25, 0.3) is 0 Å². The molecule has 1 aromatic heterocycles. The highest BCUT2D eigenvalue weighted by molar-refractivity contribution is 5.94. The number of H-pyrrole nitrogens is 1. The Morgan fingerprint density at radius 3 is 2.70 bits per heavy atom. The second-order valence-electron chi connectivity index (χ2n) is 5.91. The first-order chi connectivity index (χ1) is 9.74. The Balaban J connectivity index is 1.53. The topological polar surface area (TPSA) is 59.6 Å². The number of hydrogen-bond acceptors (Lipinski definition) is 3. The summed E-state index contributed by atoms with van der Waals surface area (Å²) in [6.45, 7) is 3.53. The molecular formula is C15H23N3O2. The number of rotatable bonds is 2. The predicted molar refractivity (Wildman–Crippen MR) is 76.5 cm³/mol. The maximum Gasteiger partial charge on any atom is 0.255 e. The summed E-state index contributed by atoms with van der Waals surface area (Å²) in [5.41, 5.74) is 0.747. The molecule has 0 aliphatic carbocycles. The number of piperidine rings is 2. The van der Waals surface area contributed by atoms with E-state index in [0.717, 1.165) is 57.4 Å². The first-order valence-corrected chi connectivity index (χ1v) is 7.58. The lowest BCUT2D eigenvalue weighted by Crippen LogP contribution is -2.50. The summed E-state index contributed by atoms with van der Waals surface area (Å²) in [6, 6.07) is 2.36. The highest BCUT2D eigenvalue weighted by Crippen LogP contribution is 2.22. The standard InChI is InChI=1S/C15H23N3O2/c19-14-2-1-7-18(11-14)13-4-8-17(9-5-13)15(20)12-3-6-16-10-12/h3,6,10,13-14,16,19H,1-2,4-5,7-9,11H2. The van der Waals surface area contributed by atoms with E-state index in [1.54, 1.807) is 12.4 Å². The summed E-state index contributed by atoms with van der Waals surface area (Å²) < 4.78 is 0. The van der Waals surface area contributed by atoms with Gasteiger partial charge < -0.3 is 15.0 Å². The third kappa shape index (κ3) is 2.88. The molecule has 0 saturated carbocycles. The van der Waals surface area contributed by atoms with Crippen LogP contribution in [0.2, 0.25) is 0 Å². The van der Waals surface area contributed by atoms with Gasteiger partial charge >= 0.3 is 0 Å². The van der Waals surface area contributed by atoms with E-state index in [1.807, 2.05) is 11.0 Å². The number of aromatic nitrogens is 1. The van der Waals surface area contributed by atoms with Gasteiger partial charge in [0, 0.05) is 38.1 Å². The molecule has 110 valence electrons. The Bertz CT molecular complexity index is 438. The van der Waals surface area contributed by atoms with Crippen LogP contribution in [0.5, 0.6) is 0 Å². The normalized spacial score (nSPS) is 25.9. The van der Waals surface area contributed by atoms with Crippen molar-refractivity contribution in [1.82, 2.24) is 14.8 Å². The van der Waals surface area contributed by atoms with Crippen molar-refractivity contribution in [2.24, 2.45) is 0 Å². The molecule has 2 saturated heterocycles. The molecule has 1 unspecified atom stereocenters. The van der Waals surface area contributed by atoms with Crippen molar-refractivity contribution >= 4 is 5.91 Å². The van der Waals surface area contributed by atoms with Gasteiger partial charge in [0.2, 0.25) is 0 Å². The summed E-state index contributed by atoms with van der Waals surface area (Å²) in [7, 11) is 0. The number of nitrogens with one attached hydrogen (secondary N) is 1. The predicted octanol–water partition coefficient (Wildman–Crippen LogP) is 1.08. The van der Waals surface area contributed by atoms with Crippen LogP contribution in [0.1, 0.15) is 36.0 Å². The average molecular weight is 277 g/mol. The van der Waals surface area contributed by atoms with E-state index in [9.17, 15) is 9.90 Å². The highest BCUT2D eigenvalue weighted by atomic mass is 16.3. The van der Waals surface area contributed by atoms with E-state index in [-0.39, 0.29) is 12.0 Å². The number of hydrogen-bond donors (Lipinski definition) is 2. The Morgan fingerprint density at radius 2 is 2.05 bits per heavy atom. The average Bonchev–Trinajstić information content (AvgIpc) is 3.01. The second kappa shape index (κ2) is 5.97. The van der Waals surface area contributed by atoms with Crippen molar-refractivity contribution in [2.45, 2.75) is 37.8 Å². The van der Waals surface area contributed by atoms with E-state index >= 15 is 0 Å². The molecule has 0 aromatic carbocycles.